The summed E-state index contributed by atoms with van der Waals surface area (Å²) in [5, 5.41) is 0. The van der Waals surface area contributed by atoms with E-state index in [9.17, 15) is 9.18 Å². The van der Waals surface area contributed by atoms with Gasteiger partial charge in [0.15, 0.2) is 4.32 Å². The van der Waals surface area contributed by atoms with Crippen LogP contribution < -0.4 is 4.90 Å². The molecule has 0 atom stereocenters. The lowest BCUT2D eigenvalue weighted by Gasteiger charge is -2.18. The van der Waals surface area contributed by atoms with Gasteiger partial charge >= 0.3 is 0 Å². The van der Waals surface area contributed by atoms with Crippen LogP contribution in [0.15, 0.2) is 53.4 Å². The molecule has 0 aromatic heterocycles. The number of hydrogen-bond acceptors (Lipinski definition) is 3. The van der Waals surface area contributed by atoms with Gasteiger partial charge < -0.3 is 0 Å². The molecule has 25 heavy (non-hydrogen) atoms. The molecule has 0 radical (unpaired) electrons. The van der Waals surface area contributed by atoms with Gasteiger partial charge in [0.05, 0.1) is 10.6 Å². The first kappa shape index (κ1) is 17.8. The molecule has 1 fully saturated rings. The predicted molar refractivity (Wildman–Crippen MR) is 107 cm³/mol. The molecule has 1 saturated heterocycles. The molecule has 1 aliphatic heterocycles. The zero-order chi connectivity index (χ0) is 18.2. The van der Waals surface area contributed by atoms with E-state index in [1.807, 2.05) is 18.2 Å². The second kappa shape index (κ2) is 6.73. The summed E-state index contributed by atoms with van der Waals surface area (Å²) in [5.41, 5.74) is 2.86. The van der Waals surface area contributed by atoms with Crippen LogP contribution in [-0.4, -0.2) is 10.2 Å². The predicted octanol–water partition coefficient (Wildman–Crippen LogP) is 5.53. The van der Waals surface area contributed by atoms with Crippen molar-refractivity contribution in [2.75, 3.05) is 4.90 Å². The molecule has 0 spiro atoms. The van der Waals surface area contributed by atoms with E-state index < -0.39 is 0 Å². The molecule has 128 valence electrons. The molecule has 1 amide bonds. The monoisotopic (exact) mass is 371 g/mol. The van der Waals surface area contributed by atoms with Crippen molar-refractivity contribution in [2.24, 2.45) is 0 Å². The lowest BCUT2D eigenvalue weighted by atomic mass is 9.87. The van der Waals surface area contributed by atoms with Crippen molar-refractivity contribution in [1.82, 2.24) is 0 Å². The molecule has 1 aliphatic rings. The van der Waals surface area contributed by atoms with Crippen LogP contribution in [0.25, 0.3) is 6.08 Å². The fourth-order valence-corrected chi connectivity index (χ4v) is 3.81. The van der Waals surface area contributed by atoms with Crippen LogP contribution >= 0.6 is 24.0 Å². The third-order valence-corrected chi connectivity index (χ3v) is 5.26. The molecule has 3 rings (SSSR count). The maximum atomic E-state index is 13.1. The third-order valence-electron chi connectivity index (χ3n) is 3.95. The lowest BCUT2D eigenvalue weighted by molar-refractivity contribution is -0.113. The summed E-state index contributed by atoms with van der Waals surface area (Å²) in [6, 6.07) is 13.9. The van der Waals surface area contributed by atoms with Gasteiger partial charge in [0, 0.05) is 0 Å². The molecule has 0 unspecified atom stereocenters. The number of thiocarbonyl (C=S) groups is 1. The van der Waals surface area contributed by atoms with Gasteiger partial charge in [-0.05, 0) is 46.9 Å². The Kier molecular flexibility index (Phi) is 4.80. The van der Waals surface area contributed by atoms with Gasteiger partial charge in [-0.3, -0.25) is 9.69 Å². The van der Waals surface area contributed by atoms with Crippen molar-refractivity contribution < 1.29 is 9.18 Å². The molecule has 2 aromatic carbocycles. The van der Waals surface area contributed by atoms with Crippen LogP contribution in [0.2, 0.25) is 0 Å². The third kappa shape index (κ3) is 3.83. The van der Waals surface area contributed by atoms with Crippen molar-refractivity contribution in [3.8, 4) is 0 Å². The highest BCUT2D eigenvalue weighted by molar-refractivity contribution is 8.27. The Morgan fingerprint density at radius 2 is 1.64 bits per heavy atom. The first-order valence-electron chi connectivity index (χ1n) is 7.90. The van der Waals surface area contributed by atoms with E-state index in [0.717, 1.165) is 5.56 Å². The Labute approximate surface area is 156 Å². The van der Waals surface area contributed by atoms with Gasteiger partial charge in [0.25, 0.3) is 5.91 Å². The molecule has 2 nitrogen and oxygen atoms in total. The van der Waals surface area contributed by atoms with Crippen LogP contribution in [0.3, 0.4) is 0 Å². The Balaban J connectivity index is 1.86. The number of benzene rings is 2. The molecular formula is C20H18FNOS2. The first-order valence-corrected chi connectivity index (χ1v) is 9.12. The fraction of sp³-hybridized carbons (Fsp3) is 0.200. The number of rotatable bonds is 2. The van der Waals surface area contributed by atoms with E-state index >= 15 is 0 Å². The molecular weight excluding hydrogens is 353 g/mol. The molecule has 0 N–H and O–H groups in total. The van der Waals surface area contributed by atoms with Gasteiger partial charge in [-0.15, -0.1) is 0 Å². The zero-order valence-electron chi connectivity index (χ0n) is 14.2. The molecule has 2 aromatic rings. The number of nitrogens with zero attached hydrogens (tertiary/aromatic N) is 1. The van der Waals surface area contributed by atoms with Crippen LogP contribution in [-0.2, 0) is 10.2 Å². The van der Waals surface area contributed by atoms with Crippen molar-refractivity contribution in [2.45, 2.75) is 26.2 Å². The summed E-state index contributed by atoms with van der Waals surface area (Å²) >= 11 is 6.59. The summed E-state index contributed by atoms with van der Waals surface area (Å²) in [4.78, 5) is 14.7. The number of carbonyl (C=O) groups excluding carboxylic acids is 1. The van der Waals surface area contributed by atoms with Gasteiger partial charge in [0.2, 0.25) is 0 Å². The summed E-state index contributed by atoms with van der Waals surface area (Å²) in [7, 11) is 0. The minimum atomic E-state index is -0.344. The molecule has 0 bridgehead atoms. The highest BCUT2D eigenvalue weighted by Gasteiger charge is 2.33. The standard InChI is InChI=1S/C20H18FNOS2/c1-20(2,3)14-6-4-13(5-7-14)12-17-18(23)22(19(24)25-17)16-10-8-15(21)9-11-16/h4-12H,1-3H3/b17-12-. The Hall–Kier alpha value is -1.98. The van der Waals surface area contributed by atoms with E-state index in [4.69, 9.17) is 12.2 Å². The maximum absolute atomic E-state index is 13.1. The van der Waals surface area contributed by atoms with Gasteiger partial charge in [0.1, 0.15) is 5.82 Å². The number of anilines is 1. The van der Waals surface area contributed by atoms with E-state index in [1.165, 1.54) is 34.4 Å². The lowest BCUT2D eigenvalue weighted by Crippen LogP contribution is -2.27. The van der Waals surface area contributed by atoms with Crippen molar-refractivity contribution in [3.63, 3.8) is 0 Å². The van der Waals surface area contributed by atoms with Crippen molar-refractivity contribution >= 4 is 46.0 Å². The van der Waals surface area contributed by atoms with Crippen LogP contribution in [0.1, 0.15) is 31.9 Å². The van der Waals surface area contributed by atoms with Gasteiger partial charge in [-0.2, -0.15) is 0 Å². The smallest absolute Gasteiger partial charge is 0.268 e. The Morgan fingerprint density at radius 3 is 2.20 bits per heavy atom. The SMILES string of the molecule is CC(C)(C)c1ccc(/C=C2\SC(=S)N(c3ccc(F)cc3)C2=O)cc1. The summed E-state index contributed by atoms with van der Waals surface area (Å²) < 4.78 is 13.5. The minimum absolute atomic E-state index is 0.0878. The van der Waals surface area contributed by atoms with E-state index in [-0.39, 0.29) is 17.1 Å². The zero-order valence-corrected chi connectivity index (χ0v) is 15.9. The molecule has 0 aliphatic carbocycles. The number of hydrogen-bond donors (Lipinski definition) is 0. The summed E-state index contributed by atoms with van der Waals surface area (Å²) in [5.74, 6) is -0.523. The largest absolute Gasteiger partial charge is 0.270 e. The Bertz CT molecular complexity index is 849. The number of halogens is 1. The second-order valence-corrected chi connectivity index (χ2v) is 8.54. The van der Waals surface area contributed by atoms with Gasteiger partial charge in [-0.25, -0.2) is 4.39 Å². The highest BCUT2D eigenvalue weighted by atomic mass is 32.2. The minimum Gasteiger partial charge on any atom is -0.268 e. The second-order valence-electron chi connectivity index (χ2n) is 6.87. The average molecular weight is 372 g/mol. The molecule has 1 heterocycles. The summed E-state index contributed by atoms with van der Waals surface area (Å²) in [6.07, 6.45) is 1.84. The van der Waals surface area contributed by atoms with E-state index in [2.05, 4.69) is 32.9 Å². The first-order chi connectivity index (χ1) is 11.8. The van der Waals surface area contributed by atoms with E-state index in [0.29, 0.717) is 14.9 Å². The quantitative estimate of drug-likeness (QED) is 0.511. The summed E-state index contributed by atoms with van der Waals surface area (Å²) in [6.45, 7) is 6.49. The number of amides is 1. The van der Waals surface area contributed by atoms with Crippen LogP contribution in [0, 0.1) is 5.82 Å². The van der Waals surface area contributed by atoms with Crippen LogP contribution in [0.4, 0.5) is 10.1 Å². The topological polar surface area (TPSA) is 20.3 Å². The number of carbonyl (C=O) groups is 1. The normalized spacial score (nSPS) is 16.8. The van der Waals surface area contributed by atoms with Crippen molar-refractivity contribution in [1.29, 1.82) is 0 Å². The molecule has 0 saturated carbocycles. The van der Waals surface area contributed by atoms with E-state index in [1.54, 1.807) is 12.1 Å². The fourth-order valence-electron chi connectivity index (χ4n) is 2.51. The van der Waals surface area contributed by atoms with Gasteiger partial charge in [-0.1, -0.05) is 69.0 Å². The highest BCUT2D eigenvalue weighted by Crippen LogP contribution is 2.36. The van der Waals surface area contributed by atoms with Crippen LogP contribution in [0.5, 0.6) is 0 Å². The van der Waals surface area contributed by atoms with Crippen molar-refractivity contribution in [3.05, 3.63) is 70.4 Å². The Morgan fingerprint density at radius 1 is 1.04 bits per heavy atom. The molecule has 5 heteroatoms. The maximum Gasteiger partial charge on any atom is 0.270 e. The number of thioether (sulfide) groups is 1. The average Bonchev–Trinajstić information content (AvgIpc) is 2.82.